The molecule has 0 saturated carbocycles. The van der Waals surface area contributed by atoms with Crippen molar-refractivity contribution in [2.24, 2.45) is 0 Å². The fourth-order valence-electron chi connectivity index (χ4n) is 1.96. The van der Waals surface area contributed by atoms with E-state index in [-0.39, 0.29) is 24.6 Å². The van der Waals surface area contributed by atoms with E-state index in [4.69, 9.17) is 9.47 Å². The standard InChI is InChI=1S/C15H10F2O3/c16-10-2-1-9(13(17)5-10)7-19-11-3-4-12-14(18)8-20-15(12)6-11/h1-6H,7-8H2. The third-order valence-corrected chi connectivity index (χ3v) is 3.02. The molecule has 2 aromatic carbocycles. The predicted octanol–water partition coefficient (Wildman–Crippen LogP) is 3.12. The van der Waals surface area contributed by atoms with Crippen molar-refractivity contribution in [3.63, 3.8) is 0 Å². The first-order chi connectivity index (χ1) is 9.63. The number of hydrogen-bond acceptors (Lipinski definition) is 3. The molecule has 0 saturated heterocycles. The van der Waals surface area contributed by atoms with E-state index in [9.17, 15) is 13.6 Å². The highest BCUT2D eigenvalue weighted by Crippen LogP contribution is 2.29. The minimum atomic E-state index is -0.655. The van der Waals surface area contributed by atoms with E-state index in [1.165, 1.54) is 12.1 Å². The molecule has 0 spiro atoms. The number of rotatable bonds is 3. The van der Waals surface area contributed by atoms with Crippen LogP contribution in [0.1, 0.15) is 15.9 Å². The molecule has 1 aliphatic rings. The Morgan fingerprint density at radius 1 is 1.15 bits per heavy atom. The minimum Gasteiger partial charge on any atom is -0.489 e. The number of carbonyl (C=O) groups excluding carboxylic acids is 1. The SMILES string of the molecule is O=C1COc2cc(OCc3ccc(F)cc3F)ccc21. The van der Waals surface area contributed by atoms with E-state index in [1.807, 2.05) is 0 Å². The van der Waals surface area contributed by atoms with Gasteiger partial charge in [-0.1, -0.05) is 0 Å². The van der Waals surface area contributed by atoms with Crippen molar-refractivity contribution in [1.82, 2.24) is 0 Å². The Morgan fingerprint density at radius 2 is 2.00 bits per heavy atom. The summed E-state index contributed by atoms with van der Waals surface area (Å²) in [6.07, 6.45) is 0. The average Bonchev–Trinajstić information content (AvgIpc) is 2.79. The Balaban J connectivity index is 1.74. The van der Waals surface area contributed by atoms with Gasteiger partial charge in [0.1, 0.15) is 29.7 Å². The molecule has 20 heavy (non-hydrogen) atoms. The Bertz CT molecular complexity index is 683. The summed E-state index contributed by atoms with van der Waals surface area (Å²) in [5, 5.41) is 0. The summed E-state index contributed by atoms with van der Waals surface area (Å²) >= 11 is 0. The number of ether oxygens (including phenoxy) is 2. The highest BCUT2D eigenvalue weighted by atomic mass is 19.1. The van der Waals surface area contributed by atoms with Crippen LogP contribution in [-0.4, -0.2) is 12.4 Å². The number of carbonyl (C=O) groups is 1. The maximum Gasteiger partial charge on any atom is 0.203 e. The van der Waals surface area contributed by atoms with Crippen LogP contribution in [0.3, 0.4) is 0 Å². The second kappa shape index (κ2) is 4.92. The van der Waals surface area contributed by atoms with Crippen LogP contribution in [-0.2, 0) is 6.61 Å². The molecule has 5 heteroatoms. The Hall–Kier alpha value is -2.43. The number of fused-ring (bicyclic) bond motifs is 1. The van der Waals surface area contributed by atoms with Gasteiger partial charge in [0.2, 0.25) is 5.78 Å². The smallest absolute Gasteiger partial charge is 0.203 e. The third-order valence-electron chi connectivity index (χ3n) is 3.02. The summed E-state index contributed by atoms with van der Waals surface area (Å²) in [7, 11) is 0. The molecule has 2 aromatic rings. The van der Waals surface area contributed by atoms with Gasteiger partial charge in [-0.3, -0.25) is 4.79 Å². The zero-order chi connectivity index (χ0) is 14.1. The summed E-state index contributed by atoms with van der Waals surface area (Å²) in [6.45, 7) is 0.00419. The van der Waals surface area contributed by atoms with Gasteiger partial charge in [0, 0.05) is 17.7 Å². The quantitative estimate of drug-likeness (QED) is 0.864. The maximum atomic E-state index is 13.4. The van der Waals surface area contributed by atoms with Gasteiger partial charge in [-0.05, 0) is 24.3 Å². The van der Waals surface area contributed by atoms with Crippen LogP contribution in [0.25, 0.3) is 0 Å². The molecule has 1 heterocycles. The molecule has 0 aliphatic carbocycles. The minimum absolute atomic E-state index is 0.0289. The van der Waals surface area contributed by atoms with Crippen LogP contribution >= 0.6 is 0 Å². The second-order valence-corrected chi connectivity index (χ2v) is 4.39. The lowest BCUT2D eigenvalue weighted by molar-refractivity contribution is 0.0961. The summed E-state index contributed by atoms with van der Waals surface area (Å²) in [6, 6.07) is 8.13. The normalized spacial score (nSPS) is 13.0. The monoisotopic (exact) mass is 276 g/mol. The molecular weight excluding hydrogens is 266 g/mol. The van der Waals surface area contributed by atoms with E-state index in [2.05, 4.69) is 0 Å². The predicted molar refractivity (Wildman–Crippen MR) is 67.0 cm³/mol. The van der Waals surface area contributed by atoms with Crippen LogP contribution in [0.15, 0.2) is 36.4 Å². The van der Waals surface area contributed by atoms with E-state index in [1.54, 1.807) is 18.2 Å². The summed E-state index contributed by atoms with van der Waals surface area (Å²) in [5.74, 6) is -0.432. The first-order valence-corrected chi connectivity index (χ1v) is 6.00. The summed E-state index contributed by atoms with van der Waals surface area (Å²) in [5.41, 5.74) is 0.772. The summed E-state index contributed by atoms with van der Waals surface area (Å²) < 4.78 is 36.8. The molecule has 3 nitrogen and oxygen atoms in total. The average molecular weight is 276 g/mol. The zero-order valence-electron chi connectivity index (χ0n) is 10.4. The van der Waals surface area contributed by atoms with Crippen LogP contribution < -0.4 is 9.47 Å². The van der Waals surface area contributed by atoms with Crippen LogP contribution in [0.4, 0.5) is 8.78 Å². The molecular formula is C15H10F2O3. The number of hydrogen-bond donors (Lipinski definition) is 0. The lowest BCUT2D eigenvalue weighted by atomic mass is 10.1. The van der Waals surface area contributed by atoms with Crippen molar-refractivity contribution in [2.75, 3.05) is 6.61 Å². The fraction of sp³-hybridized carbons (Fsp3) is 0.133. The lowest BCUT2D eigenvalue weighted by Gasteiger charge is -2.08. The van der Waals surface area contributed by atoms with Crippen molar-refractivity contribution < 1.29 is 23.0 Å². The Kier molecular flexibility index (Phi) is 3.10. The third kappa shape index (κ3) is 2.34. The molecule has 0 fully saturated rings. The first kappa shape index (κ1) is 12.6. The molecule has 102 valence electrons. The molecule has 0 bridgehead atoms. The van der Waals surface area contributed by atoms with Crippen molar-refractivity contribution >= 4 is 5.78 Å². The summed E-state index contributed by atoms with van der Waals surface area (Å²) in [4.78, 5) is 11.4. The highest BCUT2D eigenvalue weighted by Gasteiger charge is 2.21. The number of benzene rings is 2. The Morgan fingerprint density at radius 3 is 2.80 bits per heavy atom. The van der Waals surface area contributed by atoms with Gasteiger partial charge < -0.3 is 9.47 Å². The van der Waals surface area contributed by atoms with E-state index in [0.29, 0.717) is 17.1 Å². The van der Waals surface area contributed by atoms with Gasteiger partial charge in [-0.2, -0.15) is 0 Å². The van der Waals surface area contributed by atoms with Crippen molar-refractivity contribution in [3.05, 3.63) is 59.2 Å². The van der Waals surface area contributed by atoms with E-state index >= 15 is 0 Å². The first-order valence-electron chi connectivity index (χ1n) is 6.00. The number of ketones is 1. The molecule has 3 rings (SSSR count). The van der Waals surface area contributed by atoms with Crippen molar-refractivity contribution in [3.8, 4) is 11.5 Å². The molecule has 0 amide bonds. The van der Waals surface area contributed by atoms with Crippen LogP contribution in [0, 0.1) is 11.6 Å². The van der Waals surface area contributed by atoms with Crippen molar-refractivity contribution in [2.45, 2.75) is 6.61 Å². The molecule has 0 N–H and O–H groups in total. The molecule has 0 atom stereocenters. The van der Waals surface area contributed by atoms with Crippen molar-refractivity contribution in [1.29, 1.82) is 0 Å². The fourth-order valence-corrected chi connectivity index (χ4v) is 1.96. The van der Waals surface area contributed by atoms with Gasteiger partial charge in [-0.15, -0.1) is 0 Å². The van der Waals surface area contributed by atoms with Crippen LogP contribution in [0.2, 0.25) is 0 Å². The van der Waals surface area contributed by atoms with Gasteiger partial charge in [0.15, 0.2) is 6.61 Å². The van der Waals surface area contributed by atoms with Gasteiger partial charge in [0.05, 0.1) is 5.56 Å². The van der Waals surface area contributed by atoms with Gasteiger partial charge in [0.25, 0.3) is 0 Å². The molecule has 0 aromatic heterocycles. The number of halogens is 2. The van der Waals surface area contributed by atoms with E-state index in [0.717, 1.165) is 6.07 Å². The number of Topliss-reactive ketones (excluding diaryl/α,β-unsaturated/α-hetero) is 1. The topological polar surface area (TPSA) is 35.5 Å². The Labute approximate surface area is 113 Å². The maximum absolute atomic E-state index is 13.4. The lowest BCUT2D eigenvalue weighted by Crippen LogP contribution is -1.99. The molecule has 0 unspecified atom stereocenters. The van der Waals surface area contributed by atoms with E-state index < -0.39 is 11.6 Å². The highest BCUT2D eigenvalue weighted by molar-refractivity contribution is 6.02. The zero-order valence-corrected chi connectivity index (χ0v) is 10.4. The molecule has 0 radical (unpaired) electrons. The second-order valence-electron chi connectivity index (χ2n) is 4.39. The molecule has 1 aliphatic heterocycles. The van der Waals surface area contributed by atoms with Gasteiger partial charge in [-0.25, -0.2) is 8.78 Å². The van der Waals surface area contributed by atoms with Crippen LogP contribution in [0.5, 0.6) is 11.5 Å². The largest absolute Gasteiger partial charge is 0.489 e. The van der Waals surface area contributed by atoms with Gasteiger partial charge >= 0.3 is 0 Å².